The summed E-state index contributed by atoms with van der Waals surface area (Å²) in [5, 5.41) is 8.27. The zero-order valence-electron chi connectivity index (χ0n) is 20.3. The van der Waals surface area contributed by atoms with Crippen LogP contribution in [0.25, 0.3) is 43.6 Å². The fraction of sp³-hybridized carbons (Fsp3) is 0.0968. The van der Waals surface area contributed by atoms with Crippen molar-refractivity contribution in [1.82, 2.24) is 19.1 Å². The molecule has 5 nitrogen and oxygen atoms in total. The van der Waals surface area contributed by atoms with Gasteiger partial charge in [0.1, 0.15) is 5.82 Å². The first-order chi connectivity index (χ1) is 18.2. The molecule has 0 aliphatic rings. The Hall–Kier alpha value is -4.71. The molecule has 4 heterocycles. The average molecular weight is 486 g/mol. The van der Waals surface area contributed by atoms with Gasteiger partial charge >= 0.3 is 0 Å². The third kappa shape index (κ3) is 3.52. The van der Waals surface area contributed by atoms with Crippen molar-refractivity contribution in [1.29, 1.82) is 0 Å². The summed E-state index contributed by atoms with van der Waals surface area (Å²) < 4.78 is 17.9. The first kappa shape index (κ1) is 21.6. The predicted octanol–water partition coefficient (Wildman–Crippen LogP) is 7.03. The zero-order valence-corrected chi connectivity index (χ0v) is 20.3. The average Bonchev–Trinajstić information content (AvgIpc) is 3.41. The number of para-hydroxylation sites is 2. The van der Waals surface area contributed by atoms with Gasteiger partial charge < -0.3 is 14.5 Å². The van der Waals surface area contributed by atoms with E-state index in [1.165, 1.54) is 33.8 Å². The molecule has 7 rings (SSSR count). The van der Waals surface area contributed by atoms with Gasteiger partial charge in [0.2, 0.25) is 0 Å². The zero-order chi connectivity index (χ0) is 24.9. The van der Waals surface area contributed by atoms with Gasteiger partial charge in [0, 0.05) is 52.4 Å². The fourth-order valence-electron chi connectivity index (χ4n) is 5.46. The highest BCUT2D eigenvalue weighted by Gasteiger charge is 2.14. The van der Waals surface area contributed by atoms with Gasteiger partial charge in [0.05, 0.1) is 29.5 Å². The van der Waals surface area contributed by atoms with Crippen molar-refractivity contribution in [3.63, 3.8) is 0 Å². The molecule has 0 fully saturated rings. The van der Waals surface area contributed by atoms with Gasteiger partial charge in [0.15, 0.2) is 5.82 Å². The van der Waals surface area contributed by atoms with E-state index in [0.29, 0.717) is 13.1 Å². The Bertz CT molecular complexity index is 1930. The number of halogens is 1. The molecule has 0 aliphatic carbocycles. The SMILES string of the molecule is Cn1c2ccccc2c2ccnc(NCc3cc4c5ccccc5n(Cc5ccc(F)cc5)c4cn3)c21. The maximum atomic E-state index is 13.4. The third-order valence-electron chi connectivity index (χ3n) is 7.22. The van der Waals surface area contributed by atoms with E-state index in [-0.39, 0.29) is 5.82 Å². The number of fused-ring (bicyclic) bond motifs is 6. The summed E-state index contributed by atoms with van der Waals surface area (Å²) in [6.07, 6.45) is 3.80. The molecule has 0 amide bonds. The van der Waals surface area contributed by atoms with E-state index in [0.717, 1.165) is 39.0 Å². The van der Waals surface area contributed by atoms with Crippen molar-refractivity contribution < 1.29 is 4.39 Å². The minimum absolute atomic E-state index is 0.224. The minimum Gasteiger partial charge on any atom is -0.363 e. The molecule has 0 unspecified atom stereocenters. The summed E-state index contributed by atoms with van der Waals surface area (Å²) in [4.78, 5) is 9.46. The molecule has 0 bridgehead atoms. The Kier molecular flexibility index (Phi) is 4.92. The number of aryl methyl sites for hydroxylation is 1. The Balaban J connectivity index is 1.26. The van der Waals surface area contributed by atoms with Crippen LogP contribution in [0.2, 0.25) is 0 Å². The first-order valence-corrected chi connectivity index (χ1v) is 12.3. The van der Waals surface area contributed by atoms with Gasteiger partial charge in [-0.2, -0.15) is 0 Å². The Morgan fingerprint density at radius 3 is 2.30 bits per heavy atom. The summed E-state index contributed by atoms with van der Waals surface area (Å²) >= 11 is 0. The number of hydrogen-bond acceptors (Lipinski definition) is 3. The molecule has 37 heavy (non-hydrogen) atoms. The van der Waals surface area contributed by atoms with Crippen LogP contribution in [0.4, 0.5) is 10.2 Å². The molecule has 4 aromatic heterocycles. The van der Waals surface area contributed by atoms with Crippen LogP contribution in [-0.4, -0.2) is 19.1 Å². The number of nitrogens with zero attached hydrogens (tertiary/aromatic N) is 4. The van der Waals surface area contributed by atoms with E-state index in [9.17, 15) is 4.39 Å². The van der Waals surface area contributed by atoms with Gasteiger partial charge in [-0.3, -0.25) is 4.98 Å². The van der Waals surface area contributed by atoms with Crippen LogP contribution < -0.4 is 5.32 Å². The molecule has 3 aromatic carbocycles. The van der Waals surface area contributed by atoms with Gasteiger partial charge in [-0.1, -0.05) is 48.5 Å². The lowest BCUT2D eigenvalue weighted by molar-refractivity contribution is 0.626. The molecule has 0 spiro atoms. The van der Waals surface area contributed by atoms with E-state index in [2.05, 4.69) is 87.1 Å². The number of pyridine rings is 2. The normalized spacial score (nSPS) is 11.7. The van der Waals surface area contributed by atoms with Gasteiger partial charge in [-0.25, -0.2) is 9.37 Å². The van der Waals surface area contributed by atoms with E-state index in [4.69, 9.17) is 4.98 Å². The molecule has 180 valence electrons. The summed E-state index contributed by atoms with van der Waals surface area (Å²) in [7, 11) is 2.08. The molecule has 7 aromatic rings. The van der Waals surface area contributed by atoms with Gasteiger partial charge in [0.25, 0.3) is 0 Å². The lowest BCUT2D eigenvalue weighted by atomic mass is 10.1. The second-order valence-electron chi connectivity index (χ2n) is 9.41. The minimum atomic E-state index is -0.224. The molecular weight excluding hydrogens is 461 g/mol. The Morgan fingerprint density at radius 1 is 0.757 bits per heavy atom. The van der Waals surface area contributed by atoms with Crippen LogP contribution in [-0.2, 0) is 20.1 Å². The number of anilines is 1. The van der Waals surface area contributed by atoms with E-state index >= 15 is 0 Å². The third-order valence-corrected chi connectivity index (χ3v) is 7.22. The molecule has 6 heteroatoms. The Labute approximate surface area is 212 Å². The number of hydrogen-bond donors (Lipinski definition) is 1. The summed E-state index contributed by atoms with van der Waals surface area (Å²) in [5.74, 6) is 0.621. The van der Waals surface area contributed by atoms with Crippen molar-refractivity contribution in [3.05, 3.63) is 114 Å². The van der Waals surface area contributed by atoms with Gasteiger partial charge in [-0.05, 0) is 42.0 Å². The topological polar surface area (TPSA) is 47.7 Å². The smallest absolute Gasteiger partial charge is 0.150 e. The highest BCUT2D eigenvalue weighted by atomic mass is 19.1. The van der Waals surface area contributed by atoms with E-state index < -0.39 is 0 Å². The van der Waals surface area contributed by atoms with Crippen molar-refractivity contribution in [2.45, 2.75) is 13.1 Å². The summed E-state index contributed by atoms with van der Waals surface area (Å²) in [6, 6.07) is 27.7. The molecule has 0 aliphatic heterocycles. The fourth-order valence-corrected chi connectivity index (χ4v) is 5.46. The highest BCUT2D eigenvalue weighted by molar-refractivity contribution is 6.11. The van der Waals surface area contributed by atoms with E-state index in [1.54, 1.807) is 0 Å². The van der Waals surface area contributed by atoms with Crippen LogP contribution in [0.5, 0.6) is 0 Å². The standard InChI is InChI=1S/C31H24FN5/c1-36-27-8-4-2-6-23(27)25-14-15-33-31(30(25)36)35-17-22-16-26-24-7-3-5-9-28(24)37(29(26)18-34-22)19-20-10-12-21(32)13-11-20/h2-16,18H,17,19H2,1H3,(H,33,35). The molecule has 1 N–H and O–H groups in total. The number of aromatic nitrogens is 4. The Morgan fingerprint density at radius 2 is 1.49 bits per heavy atom. The quantitative estimate of drug-likeness (QED) is 0.285. The monoisotopic (exact) mass is 485 g/mol. The highest BCUT2D eigenvalue weighted by Crippen LogP contribution is 2.32. The largest absolute Gasteiger partial charge is 0.363 e. The van der Waals surface area contributed by atoms with E-state index in [1.807, 2.05) is 24.5 Å². The molecule has 0 saturated heterocycles. The lowest BCUT2D eigenvalue weighted by Gasteiger charge is -2.10. The number of rotatable bonds is 5. The van der Waals surface area contributed by atoms with Crippen molar-refractivity contribution in [2.75, 3.05) is 5.32 Å². The van der Waals surface area contributed by atoms with Crippen LogP contribution in [0.1, 0.15) is 11.3 Å². The summed E-state index contributed by atoms with van der Waals surface area (Å²) in [6.45, 7) is 1.21. The second kappa shape index (κ2) is 8.45. The lowest BCUT2D eigenvalue weighted by Crippen LogP contribution is -2.05. The molecule has 0 atom stereocenters. The first-order valence-electron chi connectivity index (χ1n) is 12.3. The van der Waals surface area contributed by atoms with Crippen LogP contribution in [0.3, 0.4) is 0 Å². The maximum absolute atomic E-state index is 13.4. The van der Waals surface area contributed by atoms with Crippen LogP contribution in [0, 0.1) is 5.82 Å². The molecule has 0 radical (unpaired) electrons. The predicted molar refractivity (Wildman–Crippen MR) is 148 cm³/mol. The van der Waals surface area contributed by atoms with Crippen molar-refractivity contribution in [2.24, 2.45) is 7.05 Å². The van der Waals surface area contributed by atoms with Crippen LogP contribution in [0.15, 0.2) is 97.3 Å². The van der Waals surface area contributed by atoms with Crippen molar-refractivity contribution >= 4 is 49.4 Å². The molecular formula is C31H24FN5. The van der Waals surface area contributed by atoms with Crippen LogP contribution >= 0.6 is 0 Å². The second-order valence-corrected chi connectivity index (χ2v) is 9.41. The number of nitrogens with one attached hydrogen (secondary N) is 1. The van der Waals surface area contributed by atoms with Gasteiger partial charge in [-0.15, -0.1) is 0 Å². The summed E-state index contributed by atoms with van der Waals surface area (Å²) in [5.41, 5.74) is 6.44. The maximum Gasteiger partial charge on any atom is 0.150 e. The van der Waals surface area contributed by atoms with Crippen molar-refractivity contribution in [3.8, 4) is 0 Å². The molecule has 0 saturated carbocycles. The number of benzene rings is 3.